The van der Waals surface area contributed by atoms with Crippen molar-refractivity contribution in [2.24, 2.45) is 0 Å². The molecule has 0 aliphatic rings. The summed E-state index contributed by atoms with van der Waals surface area (Å²) >= 11 is 12.4. The molecule has 8 heteroatoms. The number of unbranched alkanes of at least 4 members (excludes halogenated alkanes) is 1. The first kappa shape index (κ1) is 17.0. The average Bonchev–Trinajstić information content (AvgIpc) is 2.89. The number of halogens is 2. The first-order valence-corrected chi connectivity index (χ1v) is 8.67. The number of thiophene rings is 1. The summed E-state index contributed by atoms with van der Waals surface area (Å²) < 4.78 is 26.3. The number of rotatable bonds is 9. The second-order valence-corrected chi connectivity index (χ2v) is 7.28. The summed E-state index contributed by atoms with van der Waals surface area (Å²) in [5.74, 6) is 0. The molecular weight excluding hydrogens is 330 g/mol. The molecule has 0 saturated carbocycles. The number of hydrogen-bond acceptors (Lipinski definition) is 5. The Balaban J connectivity index is 2.22. The lowest BCUT2D eigenvalue weighted by atomic mass is 10.2. The first-order chi connectivity index (χ1) is 9.06. The van der Waals surface area contributed by atoms with Crippen molar-refractivity contribution in [1.29, 1.82) is 0 Å². The molecule has 1 aromatic rings. The molecule has 0 saturated heterocycles. The van der Waals surface area contributed by atoms with Gasteiger partial charge in [0.25, 0.3) is 0 Å². The van der Waals surface area contributed by atoms with Gasteiger partial charge in [-0.15, -0.1) is 11.3 Å². The predicted octanol–water partition coefficient (Wildman–Crippen LogP) is 5.14. The molecule has 0 fully saturated rings. The van der Waals surface area contributed by atoms with E-state index in [0.29, 0.717) is 0 Å². The molecule has 0 amide bonds. The summed E-state index contributed by atoms with van der Waals surface area (Å²) in [6, 6.07) is 4.10. The largest absolute Gasteiger partial charge is 0.529 e. The minimum absolute atomic E-state index is 0.154. The highest BCUT2D eigenvalue weighted by Gasteiger charge is 2.24. The molecule has 0 radical (unpaired) electrons. The molecule has 1 heterocycles. The van der Waals surface area contributed by atoms with Crippen molar-refractivity contribution < 1.29 is 18.1 Å². The van der Waals surface area contributed by atoms with Gasteiger partial charge in [0.2, 0.25) is 0 Å². The molecule has 0 aromatic carbocycles. The molecule has 1 aromatic heterocycles. The van der Waals surface area contributed by atoms with Gasteiger partial charge in [-0.2, -0.15) is 0 Å². The topological polar surface area (TPSA) is 44.8 Å². The zero-order valence-corrected chi connectivity index (χ0v) is 13.6. The Morgan fingerprint density at radius 2 is 2.26 bits per heavy atom. The maximum Gasteiger partial charge on any atom is 0.529 e. The van der Waals surface area contributed by atoms with Crippen LogP contribution in [0.15, 0.2) is 28.3 Å². The van der Waals surface area contributed by atoms with E-state index in [0.717, 1.165) is 25.5 Å². The van der Waals surface area contributed by atoms with Crippen molar-refractivity contribution in [2.75, 3.05) is 13.7 Å². The SMILES string of the molecule is COP(=O)(OC=C(Cl)Cl)OCCCCc1cccs1. The molecule has 1 rings (SSSR count). The van der Waals surface area contributed by atoms with Gasteiger partial charge in [0.05, 0.1) is 6.61 Å². The minimum Gasteiger partial charge on any atom is -0.409 e. The number of phosphoric acid groups is 1. The molecule has 0 spiro atoms. The third-order valence-electron chi connectivity index (χ3n) is 2.14. The van der Waals surface area contributed by atoms with E-state index in [1.165, 1.54) is 12.0 Å². The highest BCUT2D eigenvalue weighted by molar-refractivity contribution is 7.48. The molecule has 0 aliphatic carbocycles. The van der Waals surface area contributed by atoms with Crippen LogP contribution in [-0.4, -0.2) is 13.7 Å². The van der Waals surface area contributed by atoms with Gasteiger partial charge < -0.3 is 4.52 Å². The van der Waals surface area contributed by atoms with Crippen LogP contribution in [0.4, 0.5) is 0 Å². The van der Waals surface area contributed by atoms with Gasteiger partial charge in [-0.05, 0) is 30.7 Å². The zero-order chi connectivity index (χ0) is 14.1. The fraction of sp³-hybridized carbons (Fsp3) is 0.455. The van der Waals surface area contributed by atoms with Crippen LogP contribution in [0.25, 0.3) is 0 Å². The highest BCUT2D eigenvalue weighted by Crippen LogP contribution is 2.49. The second kappa shape index (κ2) is 9.01. The fourth-order valence-corrected chi connectivity index (χ4v) is 3.07. The van der Waals surface area contributed by atoms with Crippen LogP contribution in [0.5, 0.6) is 0 Å². The molecule has 19 heavy (non-hydrogen) atoms. The molecule has 4 nitrogen and oxygen atoms in total. The van der Waals surface area contributed by atoms with E-state index in [2.05, 4.69) is 6.07 Å². The Labute approximate surface area is 126 Å². The number of hydrogen-bond donors (Lipinski definition) is 0. The van der Waals surface area contributed by atoms with Crippen molar-refractivity contribution >= 4 is 42.4 Å². The lowest BCUT2D eigenvalue weighted by molar-refractivity contribution is 0.163. The predicted molar refractivity (Wildman–Crippen MR) is 78.7 cm³/mol. The van der Waals surface area contributed by atoms with Crippen molar-refractivity contribution in [1.82, 2.24) is 0 Å². The van der Waals surface area contributed by atoms with Gasteiger partial charge in [-0.3, -0.25) is 9.05 Å². The van der Waals surface area contributed by atoms with E-state index in [1.54, 1.807) is 11.3 Å². The molecule has 0 N–H and O–H groups in total. The maximum atomic E-state index is 11.9. The van der Waals surface area contributed by atoms with Gasteiger partial charge >= 0.3 is 7.82 Å². The van der Waals surface area contributed by atoms with Gasteiger partial charge in [0.15, 0.2) is 0 Å². The maximum absolute atomic E-state index is 11.9. The smallest absolute Gasteiger partial charge is 0.409 e. The van der Waals surface area contributed by atoms with E-state index >= 15 is 0 Å². The van der Waals surface area contributed by atoms with E-state index in [9.17, 15) is 4.57 Å². The Kier molecular flexibility index (Phi) is 8.07. The summed E-state index contributed by atoms with van der Waals surface area (Å²) in [5, 5.41) is 2.04. The van der Waals surface area contributed by atoms with Crippen LogP contribution < -0.4 is 0 Å². The van der Waals surface area contributed by atoms with E-state index in [-0.39, 0.29) is 11.1 Å². The monoisotopic (exact) mass is 344 g/mol. The molecule has 0 aliphatic heterocycles. The van der Waals surface area contributed by atoms with Crippen LogP contribution in [0.3, 0.4) is 0 Å². The fourth-order valence-electron chi connectivity index (χ4n) is 1.26. The van der Waals surface area contributed by atoms with Gasteiger partial charge in [-0.1, -0.05) is 29.3 Å². The Morgan fingerprint density at radius 3 is 2.84 bits per heavy atom. The van der Waals surface area contributed by atoms with Crippen LogP contribution in [0, 0.1) is 0 Å². The molecule has 108 valence electrons. The van der Waals surface area contributed by atoms with Crippen LogP contribution in [0.1, 0.15) is 17.7 Å². The summed E-state index contributed by atoms with van der Waals surface area (Å²) in [5.41, 5.74) is 0. The van der Waals surface area contributed by atoms with E-state index < -0.39 is 7.82 Å². The van der Waals surface area contributed by atoms with Gasteiger partial charge in [0.1, 0.15) is 10.8 Å². The van der Waals surface area contributed by atoms with Crippen molar-refractivity contribution in [3.8, 4) is 0 Å². The summed E-state index contributed by atoms with van der Waals surface area (Å²) in [6.07, 6.45) is 3.61. The third-order valence-corrected chi connectivity index (χ3v) is 4.57. The normalized spacial score (nSPS) is 13.8. The minimum atomic E-state index is -3.60. The lowest BCUT2D eigenvalue weighted by Crippen LogP contribution is -1.97. The summed E-state index contributed by atoms with van der Waals surface area (Å²) in [4.78, 5) is 1.32. The summed E-state index contributed by atoms with van der Waals surface area (Å²) in [7, 11) is -2.36. The quantitative estimate of drug-likeness (QED) is 0.353. The zero-order valence-electron chi connectivity index (χ0n) is 10.4. The van der Waals surface area contributed by atoms with Crippen LogP contribution in [-0.2, 0) is 24.6 Å². The molecule has 1 unspecified atom stereocenters. The van der Waals surface area contributed by atoms with Crippen molar-refractivity contribution in [3.63, 3.8) is 0 Å². The Morgan fingerprint density at radius 1 is 1.47 bits per heavy atom. The van der Waals surface area contributed by atoms with Crippen LogP contribution in [0.2, 0.25) is 0 Å². The standard InChI is InChI=1S/C11H15Cl2O4PS/c1-15-18(14,17-9-11(12)13)16-7-3-2-5-10-6-4-8-19-10/h4,6,8-9H,2-3,5,7H2,1H3. The van der Waals surface area contributed by atoms with Gasteiger partial charge in [-0.25, -0.2) is 4.57 Å². The second-order valence-electron chi connectivity index (χ2n) is 3.51. The van der Waals surface area contributed by atoms with E-state index in [4.69, 9.17) is 36.8 Å². The van der Waals surface area contributed by atoms with E-state index in [1.807, 2.05) is 11.4 Å². The Bertz CT molecular complexity index is 432. The first-order valence-electron chi connectivity index (χ1n) is 5.58. The number of phosphoric ester groups is 1. The molecule has 0 bridgehead atoms. The molecule has 1 atom stereocenters. The third kappa shape index (κ3) is 7.35. The average molecular weight is 345 g/mol. The van der Waals surface area contributed by atoms with Crippen molar-refractivity contribution in [2.45, 2.75) is 19.3 Å². The van der Waals surface area contributed by atoms with Crippen molar-refractivity contribution in [3.05, 3.63) is 33.1 Å². The molecular formula is C11H15Cl2O4PS. The summed E-state index contributed by atoms with van der Waals surface area (Å²) in [6.45, 7) is 0.282. The Hall–Kier alpha value is -0.0300. The lowest BCUT2D eigenvalue weighted by Gasteiger charge is -2.13. The van der Waals surface area contributed by atoms with Gasteiger partial charge in [0, 0.05) is 12.0 Å². The number of aryl methyl sites for hydroxylation is 1. The van der Waals surface area contributed by atoms with Crippen LogP contribution >= 0.6 is 42.4 Å². The highest BCUT2D eigenvalue weighted by atomic mass is 35.5.